The molecule has 3 fully saturated rings. The molecule has 32 heavy (non-hydrogen) atoms. The van der Waals surface area contributed by atoms with Gasteiger partial charge in [0.1, 0.15) is 0 Å². The molecule has 1 atom stereocenters. The number of nitrogens with zero attached hydrogens (tertiary/aromatic N) is 5. The van der Waals surface area contributed by atoms with Gasteiger partial charge in [-0.05, 0) is 44.1 Å². The van der Waals surface area contributed by atoms with Gasteiger partial charge in [0.2, 0.25) is 11.8 Å². The third kappa shape index (κ3) is 6.69. The lowest BCUT2D eigenvalue weighted by molar-refractivity contribution is -0.135. The van der Waals surface area contributed by atoms with E-state index in [-0.39, 0.29) is 35.9 Å². The third-order valence-electron chi connectivity index (χ3n) is 6.56. The average Bonchev–Trinajstić information content (AvgIpc) is 3.48. The van der Waals surface area contributed by atoms with Crippen LogP contribution in [0.2, 0.25) is 0 Å². The zero-order valence-corrected chi connectivity index (χ0v) is 21.7. The third-order valence-corrected chi connectivity index (χ3v) is 6.56. The highest BCUT2D eigenvalue weighted by molar-refractivity contribution is 14.0. The topological polar surface area (TPSA) is 73.3 Å². The van der Waals surface area contributed by atoms with Crippen molar-refractivity contribution in [3.05, 3.63) is 23.9 Å². The minimum atomic E-state index is -0.0399. The van der Waals surface area contributed by atoms with Gasteiger partial charge in [0.25, 0.3) is 0 Å². The highest BCUT2D eigenvalue weighted by atomic mass is 127. The lowest BCUT2D eigenvalue weighted by Gasteiger charge is -2.39. The summed E-state index contributed by atoms with van der Waals surface area (Å²) in [5.74, 6) is 2.61. The summed E-state index contributed by atoms with van der Waals surface area (Å²) in [6.07, 6.45) is 6.71. The number of rotatable bonds is 7. The van der Waals surface area contributed by atoms with Crippen LogP contribution in [-0.2, 0) is 11.3 Å². The average molecular weight is 556 g/mol. The standard InChI is InChI=1S/C23H36N6O2.HI/c1-18(22(30)28-9-3-4-10-28)27-11-13-29(14-12-27)23(24-2)26-16-20-7-8-21(25-15-20)31-17-19-5-6-19;/h7-8,15,18-19H,3-6,9-14,16-17H2,1-2H3,(H,24,26);1H. The van der Waals surface area contributed by atoms with Crippen LogP contribution in [0.15, 0.2) is 23.3 Å². The Balaban J connectivity index is 0.00000289. The molecule has 8 nitrogen and oxygen atoms in total. The molecule has 4 rings (SSSR count). The second kappa shape index (κ2) is 12.0. The molecule has 2 aliphatic heterocycles. The predicted octanol–water partition coefficient (Wildman–Crippen LogP) is 2.19. The van der Waals surface area contributed by atoms with Crippen molar-refractivity contribution in [2.45, 2.75) is 45.2 Å². The largest absolute Gasteiger partial charge is 0.477 e. The van der Waals surface area contributed by atoms with Crippen molar-refractivity contribution < 1.29 is 9.53 Å². The van der Waals surface area contributed by atoms with E-state index < -0.39 is 0 Å². The van der Waals surface area contributed by atoms with E-state index in [2.05, 4.69) is 38.1 Å². The summed E-state index contributed by atoms with van der Waals surface area (Å²) in [6, 6.07) is 3.96. The van der Waals surface area contributed by atoms with Crippen LogP contribution in [0, 0.1) is 5.92 Å². The first-order valence-corrected chi connectivity index (χ1v) is 11.7. The van der Waals surface area contributed by atoms with E-state index in [0.29, 0.717) is 12.4 Å². The van der Waals surface area contributed by atoms with Crippen molar-refractivity contribution in [2.24, 2.45) is 10.9 Å². The van der Waals surface area contributed by atoms with E-state index in [9.17, 15) is 4.79 Å². The molecular weight excluding hydrogens is 519 g/mol. The van der Waals surface area contributed by atoms with Gasteiger partial charge in [-0.3, -0.25) is 14.7 Å². The van der Waals surface area contributed by atoms with Gasteiger partial charge in [-0.2, -0.15) is 0 Å². The number of hydrogen-bond acceptors (Lipinski definition) is 5. The summed E-state index contributed by atoms with van der Waals surface area (Å²) in [6.45, 7) is 8.82. The van der Waals surface area contributed by atoms with Crippen LogP contribution >= 0.6 is 24.0 Å². The number of nitrogens with one attached hydrogen (secondary N) is 1. The molecule has 2 saturated heterocycles. The summed E-state index contributed by atoms with van der Waals surface area (Å²) in [5, 5.41) is 3.45. The van der Waals surface area contributed by atoms with Gasteiger partial charge in [0.15, 0.2) is 5.96 Å². The van der Waals surface area contributed by atoms with Gasteiger partial charge in [-0.15, -0.1) is 24.0 Å². The second-order valence-electron chi connectivity index (χ2n) is 8.89. The molecule has 1 amide bonds. The molecule has 0 radical (unpaired) electrons. The highest BCUT2D eigenvalue weighted by Crippen LogP contribution is 2.29. The Kier molecular flexibility index (Phi) is 9.39. The lowest BCUT2D eigenvalue weighted by Crippen LogP contribution is -2.57. The number of amides is 1. The molecule has 1 aliphatic carbocycles. The Hall–Kier alpha value is -1.62. The van der Waals surface area contributed by atoms with Crippen LogP contribution in [-0.4, -0.2) is 90.5 Å². The van der Waals surface area contributed by atoms with Crippen molar-refractivity contribution in [3.63, 3.8) is 0 Å². The van der Waals surface area contributed by atoms with Crippen molar-refractivity contribution >= 4 is 35.8 Å². The lowest BCUT2D eigenvalue weighted by atomic mass is 10.2. The van der Waals surface area contributed by atoms with Crippen molar-refractivity contribution in [3.8, 4) is 5.88 Å². The van der Waals surface area contributed by atoms with E-state index in [1.165, 1.54) is 12.8 Å². The monoisotopic (exact) mass is 556 g/mol. The summed E-state index contributed by atoms with van der Waals surface area (Å²) in [5.41, 5.74) is 1.10. The first kappa shape index (κ1) is 25.0. The molecule has 1 aromatic rings. The molecule has 9 heteroatoms. The first-order valence-electron chi connectivity index (χ1n) is 11.7. The molecule has 0 aromatic carbocycles. The van der Waals surface area contributed by atoms with E-state index in [1.807, 2.05) is 24.2 Å². The Bertz CT molecular complexity index is 756. The number of piperazine rings is 1. The maximum absolute atomic E-state index is 12.7. The molecule has 178 valence electrons. The SMILES string of the molecule is CN=C(NCc1ccc(OCC2CC2)nc1)N1CCN(C(C)C(=O)N2CCCC2)CC1.I. The number of ether oxygens (including phenoxy) is 1. The molecule has 1 aromatic heterocycles. The summed E-state index contributed by atoms with van der Waals surface area (Å²) in [4.78, 5) is 28.2. The van der Waals surface area contributed by atoms with E-state index in [1.54, 1.807) is 0 Å². The summed E-state index contributed by atoms with van der Waals surface area (Å²) >= 11 is 0. The van der Waals surface area contributed by atoms with Gasteiger partial charge >= 0.3 is 0 Å². The van der Waals surface area contributed by atoms with Crippen LogP contribution in [0.4, 0.5) is 0 Å². The van der Waals surface area contributed by atoms with Crippen molar-refractivity contribution in [1.29, 1.82) is 0 Å². The number of hydrogen-bond donors (Lipinski definition) is 1. The van der Waals surface area contributed by atoms with Crippen molar-refractivity contribution in [1.82, 2.24) is 25.0 Å². The van der Waals surface area contributed by atoms with Crippen LogP contribution in [0.3, 0.4) is 0 Å². The summed E-state index contributed by atoms with van der Waals surface area (Å²) in [7, 11) is 1.82. The van der Waals surface area contributed by atoms with E-state index in [0.717, 1.165) is 76.2 Å². The Morgan fingerprint density at radius 1 is 1.16 bits per heavy atom. The second-order valence-corrected chi connectivity index (χ2v) is 8.89. The van der Waals surface area contributed by atoms with Crippen LogP contribution in [0.1, 0.15) is 38.2 Å². The van der Waals surface area contributed by atoms with Gasteiger partial charge in [0, 0.05) is 65.1 Å². The fraction of sp³-hybridized carbons (Fsp3) is 0.696. The fourth-order valence-corrected chi connectivity index (χ4v) is 4.28. The molecule has 3 aliphatic rings. The number of likely N-dealkylation sites (tertiary alicyclic amines) is 1. The summed E-state index contributed by atoms with van der Waals surface area (Å²) < 4.78 is 5.71. The molecule has 1 N–H and O–H groups in total. The number of aliphatic imine (C=N–C) groups is 1. The quantitative estimate of drug-likeness (QED) is 0.316. The fourth-order valence-electron chi connectivity index (χ4n) is 4.28. The normalized spacial score (nSPS) is 20.6. The Labute approximate surface area is 208 Å². The zero-order chi connectivity index (χ0) is 21.6. The number of guanidine groups is 1. The Morgan fingerprint density at radius 2 is 1.88 bits per heavy atom. The molecule has 0 bridgehead atoms. The molecule has 1 saturated carbocycles. The van der Waals surface area contributed by atoms with Gasteiger partial charge < -0.3 is 19.9 Å². The molecule has 1 unspecified atom stereocenters. The predicted molar refractivity (Wildman–Crippen MR) is 136 cm³/mol. The maximum Gasteiger partial charge on any atom is 0.239 e. The van der Waals surface area contributed by atoms with Crippen LogP contribution < -0.4 is 10.1 Å². The smallest absolute Gasteiger partial charge is 0.239 e. The minimum absolute atomic E-state index is 0. The number of carbonyl (C=O) groups excluding carboxylic acids is 1. The number of carbonyl (C=O) groups is 1. The molecule has 0 spiro atoms. The van der Waals surface area contributed by atoms with E-state index in [4.69, 9.17) is 4.74 Å². The van der Waals surface area contributed by atoms with Gasteiger partial charge in [-0.1, -0.05) is 6.07 Å². The van der Waals surface area contributed by atoms with Gasteiger partial charge in [-0.25, -0.2) is 4.98 Å². The first-order chi connectivity index (χ1) is 15.1. The highest BCUT2D eigenvalue weighted by Gasteiger charge is 2.30. The molecular formula is C23H37IN6O2. The maximum atomic E-state index is 12.7. The number of halogens is 1. The Morgan fingerprint density at radius 3 is 2.47 bits per heavy atom. The van der Waals surface area contributed by atoms with Crippen LogP contribution in [0.5, 0.6) is 5.88 Å². The molecule has 3 heterocycles. The minimum Gasteiger partial charge on any atom is -0.477 e. The number of aromatic nitrogens is 1. The number of pyridine rings is 1. The van der Waals surface area contributed by atoms with E-state index >= 15 is 0 Å². The van der Waals surface area contributed by atoms with Crippen molar-refractivity contribution in [2.75, 3.05) is 52.9 Å². The van der Waals surface area contributed by atoms with Crippen LogP contribution in [0.25, 0.3) is 0 Å². The zero-order valence-electron chi connectivity index (χ0n) is 19.3. The van der Waals surface area contributed by atoms with Gasteiger partial charge in [0.05, 0.1) is 12.6 Å².